The summed E-state index contributed by atoms with van der Waals surface area (Å²) in [5, 5.41) is 3.38. The molecule has 3 heteroatoms. The van der Waals surface area contributed by atoms with Crippen molar-refractivity contribution in [3.05, 3.63) is 24.3 Å². The predicted octanol–water partition coefficient (Wildman–Crippen LogP) is 2.22. The normalized spacial score (nSPS) is 21.2. The van der Waals surface area contributed by atoms with E-state index in [1.807, 2.05) is 24.3 Å². The molecule has 0 amide bonds. The first-order chi connectivity index (χ1) is 7.88. The molecule has 1 aromatic carbocycles. The van der Waals surface area contributed by atoms with Crippen molar-refractivity contribution in [3.8, 4) is 11.5 Å². The summed E-state index contributed by atoms with van der Waals surface area (Å²) in [6, 6.07) is 7.81. The van der Waals surface area contributed by atoms with Gasteiger partial charge in [-0.1, -0.05) is 0 Å². The average Bonchev–Trinajstić information content (AvgIpc) is 2.59. The molecule has 1 unspecified atom stereocenters. The molecule has 1 atom stereocenters. The van der Waals surface area contributed by atoms with Crippen molar-refractivity contribution in [2.75, 3.05) is 20.2 Å². The van der Waals surface area contributed by atoms with Gasteiger partial charge in [0.2, 0.25) is 0 Å². The Hall–Kier alpha value is -1.22. The monoisotopic (exact) mass is 221 g/mol. The maximum absolute atomic E-state index is 5.94. The minimum atomic E-state index is 0.350. The third-order valence-electron chi connectivity index (χ3n) is 2.88. The Kier molecular flexibility index (Phi) is 4.05. The van der Waals surface area contributed by atoms with Gasteiger partial charge in [-0.25, -0.2) is 0 Å². The highest BCUT2D eigenvalue weighted by Crippen LogP contribution is 2.20. The van der Waals surface area contributed by atoms with Crippen LogP contribution >= 0.6 is 0 Å². The van der Waals surface area contributed by atoms with Crippen molar-refractivity contribution < 1.29 is 9.47 Å². The molecule has 1 aliphatic rings. The highest BCUT2D eigenvalue weighted by molar-refractivity contribution is 5.31. The summed E-state index contributed by atoms with van der Waals surface area (Å²) in [6.07, 6.45) is 3.77. The van der Waals surface area contributed by atoms with Crippen molar-refractivity contribution in [3.63, 3.8) is 0 Å². The molecular formula is C13H19NO2. The van der Waals surface area contributed by atoms with E-state index in [-0.39, 0.29) is 0 Å². The fourth-order valence-corrected chi connectivity index (χ4v) is 1.95. The number of methoxy groups -OCH3 is 1. The van der Waals surface area contributed by atoms with Crippen LogP contribution in [-0.2, 0) is 0 Å². The Morgan fingerprint density at radius 3 is 2.56 bits per heavy atom. The first-order valence-corrected chi connectivity index (χ1v) is 5.90. The summed E-state index contributed by atoms with van der Waals surface area (Å²) in [7, 11) is 1.67. The Morgan fingerprint density at radius 2 is 1.81 bits per heavy atom. The van der Waals surface area contributed by atoms with E-state index < -0.39 is 0 Å². The first kappa shape index (κ1) is 11.3. The number of benzene rings is 1. The molecule has 2 rings (SSSR count). The standard InChI is InChI=1S/C13H19NO2/c1-15-11-4-6-13(7-5-11)16-12-3-2-9-14-10-8-12/h4-7,12,14H,2-3,8-10H2,1H3. The number of rotatable bonds is 3. The number of ether oxygens (including phenoxy) is 2. The van der Waals surface area contributed by atoms with Crippen LogP contribution in [-0.4, -0.2) is 26.3 Å². The van der Waals surface area contributed by atoms with E-state index in [2.05, 4.69) is 5.32 Å². The smallest absolute Gasteiger partial charge is 0.119 e. The molecule has 0 saturated carbocycles. The minimum Gasteiger partial charge on any atom is -0.497 e. The fourth-order valence-electron chi connectivity index (χ4n) is 1.95. The van der Waals surface area contributed by atoms with E-state index in [0.29, 0.717) is 6.10 Å². The molecule has 1 fully saturated rings. The van der Waals surface area contributed by atoms with Gasteiger partial charge < -0.3 is 14.8 Å². The van der Waals surface area contributed by atoms with Gasteiger partial charge >= 0.3 is 0 Å². The Morgan fingerprint density at radius 1 is 1.06 bits per heavy atom. The maximum atomic E-state index is 5.94. The van der Waals surface area contributed by atoms with Crippen LogP contribution in [0, 0.1) is 0 Å². The highest BCUT2D eigenvalue weighted by Gasteiger charge is 2.13. The minimum absolute atomic E-state index is 0.350. The number of nitrogens with one attached hydrogen (secondary N) is 1. The summed E-state index contributed by atoms with van der Waals surface area (Å²) in [4.78, 5) is 0. The van der Waals surface area contributed by atoms with E-state index in [0.717, 1.165) is 37.4 Å². The molecule has 1 aliphatic heterocycles. The van der Waals surface area contributed by atoms with E-state index >= 15 is 0 Å². The van der Waals surface area contributed by atoms with Crippen LogP contribution in [0.25, 0.3) is 0 Å². The first-order valence-electron chi connectivity index (χ1n) is 5.90. The van der Waals surface area contributed by atoms with Crippen molar-refractivity contribution >= 4 is 0 Å². The molecule has 0 radical (unpaired) electrons. The molecule has 1 heterocycles. The highest BCUT2D eigenvalue weighted by atomic mass is 16.5. The van der Waals surface area contributed by atoms with E-state index in [1.54, 1.807) is 7.11 Å². The van der Waals surface area contributed by atoms with Gasteiger partial charge in [0.25, 0.3) is 0 Å². The van der Waals surface area contributed by atoms with Crippen LogP contribution in [0.15, 0.2) is 24.3 Å². The Labute approximate surface area is 96.8 Å². The second kappa shape index (κ2) is 5.75. The zero-order chi connectivity index (χ0) is 11.2. The lowest BCUT2D eigenvalue weighted by Gasteiger charge is -2.16. The number of hydrogen-bond donors (Lipinski definition) is 1. The van der Waals surface area contributed by atoms with Gasteiger partial charge in [0, 0.05) is 0 Å². The van der Waals surface area contributed by atoms with Gasteiger partial charge in [0.05, 0.1) is 13.2 Å². The van der Waals surface area contributed by atoms with Gasteiger partial charge in [0.1, 0.15) is 11.5 Å². The van der Waals surface area contributed by atoms with E-state index in [1.165, 1.54) is 6.42 Å². The largest absolute Gasteiger partial charge is 0.497 e. The summed E-state index contributed by atoms with van der Waals surface area (Å²) in [5.41, 5.74) is 0. The van der Waals surface area contributed by atoms with Crippen molar-refractivity contribution in [1.29, 1.82) is 0 Å². The van der Waals surface area contributed by atoms with E-state index in [4.69, 9.17) is 9.47 Å². The van der Waals surface area contributed by atoms with Crippen molar-refractivity contribution in [2.24, 2.45) is 0 Å². The van der Waals surface area contributed by atoms with Gasteiger partial charge in [-0.05, 0) is 56.6 Å². The topological polar surface area (TPSA) is 30.5 Å². The Bertz CT molecular complexity index is 302. The molecule has 16 heavy (non-hydrogen) atoms. The van der Waals surface area contributed by atoms with Crippen LogP contribution < -0.4 is 14.8 Å². The lowest BCUT2D eigenvalue weighted by molar-refractivity contribution is 0.187. The van der Waals surface area contributed by atoms with Gasteiger partial charge in [0.15, 0.2) is 0 Å². The van der Waals surface area contributed by atoms with Crippen LogP contribution in [0.2, 0.25) is 0 Å². The van der Waals surface area contributed by atoms with Crippen LogP contribution in [0.5, 0.6) is 11.5 Å². The van der Waals surface area contributed by atoms with Crippen molar-refractivity contribution in [1.82, 2.24) is 5.32 Å². The molecule has 0 spiro atoms. The lowest BCUT2D eigenvalue weighted by Crippen LogP contribution is -2.19. The molecule has 1 N–H and O–H groups in total. The predicted molar refractivity (Wildman–Crippen MR) is 64.1 cm³/mol. The summed E-state index contributed by atoms with van der Waals surface area (Å²) < 4.78 is 11.1. The lowest BCUT2D eigenvalue weighted by atomic mass is 10.1. The maximum Gasteiger partial charge on any atom is 0.119 e. The second-order valence-electron chi connectivity index (χ2n) is 4.10. The zero-order valence-corrected chi connectivity index (χ0v) is 9.74. The van der Waals surface area contributed by atoms with Crippen LogP contribution in [0.1, 0.15) is 19.3 Å². The van der Waals surface area contributed by atoms with Crippen molar-refractivity contribution in [2.45, 2.75) is 25.4 Å². The second-order valence-corrected chi connectivity index (χ2v) is 4.10. The summed E-state index contributed by atoms with van der Waals surface area (Å²) in [5.74, 6) is 1.81. The molecule has 0 bridgehead atoms. The molecule has 1 saturated heterocycles. The zero-order valence-electron chi connectivity index (χ0n) is 9.74. The van der Waals surface area contributed by atoms with Gasteiger partial charge in [-0.2, -0.15) is 0 Å². The number of hydrogen-bond acceptors (Lipinski definition) is 3. The third-order valence-corrected chi connectivity index (χ3v) is 2.88. The quantitative estimate of drug-likeness (QED) is 0.849. The SMILES string of the molecule is COc1ccc(OC2CCCNCC2)cc1. The molecular weight excluding hydrogens is 202 g/mol. The van der Waals surface area contributed by atoms with E-state index in [9.17, 15) is 0 Å². The summed E-state index contributed by atoms with van der Waals surface area (Å²) >= 11 is 0. The molecule has 0 aliphatic carbocycles. The average molecular weight is 221 g/mol. The fraction of sp³-hybridized carbons (Fsp3) is 0.538. The molecule has 1 aromatic rings. The van der Waals surface area contributed by atoms with Crippen LogP contribution in [0.3, 0.4) is 0 Å². The Balaban J connectivity index is 1.91. The third kappa shape index (κ3) is 3.14. The molecule has 88 valence electrons. The van der Waals surface area contributed by atoms with Gasteiger partial charge in [-0.3, -0.25) is 0 Å². The van der Waals surface area contributed by atoms with Gasteiger partial charge in [-0.15, -0.1) is 0 Å². The summed E-state index contributed by atoms with van der Waals surface area (Å²) in [6.45, 7) is 2.17. The molecule has 3 nitrogen and oxygen atoms in total. The molecule has 0 aromatic heterocycles. The van der Waals surface area contributed by atoms with Crippen LogP contribution in [0.4, 0.5) is 0 Å².